The molecule has 25 heavy (non-hydrogen) atoms. The fourth-order valence-corrected chi connectivity index (χ4v) is 2.72. The molecule has 0 aliphatic heterocycles. The third-order valence-electron chi connectivity index (χ3n) is 3.62. The van der Waals surface area contributed by atoms with Gasteiger partial charge in [0.15, 0.2) is 0 Å². The quantitative estimate of drug-likeness (QED) is 0.624. The van der Waals surface area contributed by atoms with Gasteiger partial charge in [-0.2, -0.15) is 0 Å². The fraction of sp³-hybridized carbons (Fsp3) is 0.105. The zero-order valence-electron chi connectivity index (χ0n) is 13.1. The van der Waals surface area contributed by atoms with E-state index in [1.165, 1.54) is 28.8 Å². The van der Waals surface area contributed by atoms with Gasteiger partial charge in [-0.05, 0) is 57.4 Å². The number of nitrogens with zero attached hydrogens (tertiary/aromatic N) is 1. The average Bonchev–Trinajstić information content (AvgIpc) is 2.60. The van der Waals surface area contributed by atoms with Crippen molar-refractivity contribution in [2.75, 3.05) is 0 Å². The lowest BCUT2D eigenvalue weighted by molar-refractivity contribution is 0.304. The first-order valence-electron chi connectivity index (χ1n) is 7.53. The second kappa shape index (κ2) is 7.61. The molecule has 6 heteroatoms. The highest BCUT2D eigenvalue weighted by Crippen LogP contribution is 2.17. The van der Waals surface area contributed by atoms with Gasteiger partial charge in [-0.25, -0.2) is 8.78 Å². The van der Waals surface area contributed by atoms with Crippen LogP contribution in [0.25, 0.3) is 0 Å². The summed E-state index contributed by atoms with van der Waals surface area (Å²) in [6.45, 7) is 0.574. The molecule has 0 N–H and O–H groups in total. The van der Waals surface area contributed by atoms with E-state index in [4.69, 9.17) is 4.74 Å². The van der Waals surface area contributed by atoms with E-state index in [-0.39, 0.29) is 23.8 Å². The third-order valence-corrected chi connectivity index (χ3v) is 4.23. The Balaban J connectivity index is 1.68. The second-order valence-electron chi connectivity index (χ2n) is 5.49. The standard InChI is InChI=1S/C19H14BrF2NO2/c20-17-9-14(3-6-18(17)22)11-23-8-7-16(10-19(23)24)25-12-13-1-4-15(21)5-2-13/h1-10H,11-12H2. The van der Waals surface area contributed by atoms with Gasteiger partial charge in [-0.3, -0.25) is 4.79 Å². The lowest BCUT2D eigenvalue weighted by Crippen LogP contribution is -2.19. The molecule has 0 amide bonds. The summed E-state index contributed by atoms with van der Waals surface area (Å²) in [5, 5.41) is 0. The van der Waals surface area contributed by atoms with Crippen molar-refractivity contribution in [3.8, 4) is 5.75 Å². The Morgan fingerprint density at radius 2 is 1.68 bits per heavy atom. The van der Waals surface area contributed by atoms with Crippen molar-refractivity contribution in [1.29, 1.82) is 0 Å². The minimum absolute atomic E-state index is 0.225. The Hall–Kier alpha value is -2.47. The molecule has 3 rings (SSSR count). The van der Waals surface area contributed by atoms with Gasteiger partial charge in [-0.1, -0.05) is 18.2 Å². The van der Waals surface area contributed by atoms with Gasteiger partial charge < -0.3 is 9.30 Å². The number of hydrogen-bond donors (Lipinski definition) is 0. The van der Waals surface area contributed by atoms with Crippen LogP contribution in [0.15, 0.2) is 70.1 Å². The number of ether oxygens (including phenoxy) is 1. The lowest BCUT2D eigenvalue weighted by Gasteiger charge is -2.09. The highest BCUT2D eigenvalue weighted by atomic mass is 79.9. The monoisotopic (exact) mass is 405 g/mol. The lowest BCUT2D eigenvalue weighted by atomic mass is 10.2. The maximum absolute atomic E-state index is 13.3. The molecule has 0 fully saturated rings. The molecule has 0 saturated carbocycles. The van der Waals surface area contributed by atoms with Crippen molar-refractivity contribution in [3.05, 3.63) is 98.4 Å². The van der Waals surface area contributed by atoms with E-state index in [1.807, 2.05) is 0 Å². The Bertz CT molecular complexity index is 939. The largest absolute Gasteiger partial charge is 0.489 e. The predicted molar refractivity (Wildman–Crippen MR) is 94.6 cm³/mol. The van der Waals surface area contributed by atoms with E-state index in [0.29, 0.717) is 16.8 Å². The van der Waals surface area contributed by atoms with Crippen LogP contribution in [0.1, 0.15) is 11.1 Å². The molecule has 0 aliphatic rings. The molecule has 0 unspecified atom stereocenters. The topological polar surface area (TPSA) is 31.2 Å². The van der Waals surface area contributed by atoms with Crippen LogP contribution in [-0.2, 0) is 13.2 Å². The summed E-state index contributed by atoms with van der Waals surface area (Å²) in [6, 6.07) is 13.7. The second-order valence-corrected chi connectivity index (χ2v) is 6.35. The molecule has 0 spiro atoms. The summed E-state index contributed by atoms with van der Waals surface area (Å²) in [5.41, 5.74) is 1.38. The van der Waals surface area contributed by atoms with Crippen LogP contribution in [0.4, 0.5) is 8.78 Å². The number of rotatable bonds is 5. The summed E-state index contributed by atoms with van der Waals surface area (Å²) in [7, 11) is 0. The molecule has 1 aromatic heterocycles. The summed E-state index contributed by atoms with van der Waals surface area (Å²) >= 11 is 3.13. The Morgan fingerprint density at radius 3 is 2.36 bits per heavy atom. The zero-order chi connectivity index (χ0) is 17.8. The van der Waals surface area contributed by atoms with Crippen LogP contribution in [0.5, 0.6) is 5.75 Å². The first-order chi connectivity index (χ1) is 12.0. The Kier molecular flexibility index (Phi) is 5.28. The van der Waals surface area contributed by atoms with Gasteiger partial charge in [0.05, 0.1) is 11.0 Å². The molecule has 0 radical (unpaired) electrons. The molecule has 0 bridgehead atoms. The minimum Gasteiger partial charge on any atom is -0.489 e. The van der Waals surface area contributed by atoms with Crippen molar-refractivity contribution in [2.45, 2.75) is 13.2 Å². The fourth-order valence-electron chi connectivity index (χ4n) is 2.29. The van der Waals surface area contributed by atoms with Crippen molar-refractivity contribution in [2.24, 2.45) is 0 Å². The van der Waals surface area contributed by atoms with Gasteiger partial charge in [0.2, 0.25) is 0 Å². The zero-order valence-corrected chi connectivity index (χ0v) is 14.7. The Labute approximate surface area is 151 Å². The first-order valence-corrected chi connectivity index (χ1v) is 8.32. The summed E-state index contributed by atoms with van der Waals surface area (Å²) in [4.78, 5) is 12.2. The maximum atomic E-state index is 13.3. The van der Waals surface area contributed by atoms with Gasteiger partial charge >= 0.3 is 0 Å². The summed E-state index contributed by atoms with van der Waals surface area (Å²) < 4.78 is 33.6. The molecular weight excluding hydrogens is 392 g/mol. The highest BCUT2D eigenvalue weighted by Gasteiger charge is 2.04. The van der Waals surface area contributed by atoms with Crippen LogP contribution < -0.4 is 10.3 Å². The molecule has 3 aromatic rings. The van der Waals surface area contributed by atoms with E-state index in [1.54, 1.807) is 36.5 Å². The van der Waals surface area contributed by atoms with Gasteiger partial charge in [0, 0.05) is 12.3 Å². The van der Waals surface area contributed by atoms with E-state index < -0.39 is 0 Å². The van der Waals surface area contributed by atoms with Crippen molar-refractivity contribution >= 4 is 15.9 Å². The normalized spacial score (nSPS) is 10.7. The first kappa shape index (κ1) is 17.4. The third kappa shape index (κ3) is 4.54. The maximum Gasteiger partial charge on any atom is 0.254 e. The molecule has 0 saturated heterocycles. The molecule has 128 valence electrons. The molecule has 0 aliphatic carbocycles. The smallest absolute Gasteiger partial charge is 0.254 e. The van der Waals surface area contributed by atoms with Gasteiger partial charge in [0.25, 0.3) is 5.56 Å². The summed E-state index contributed by atoms with van der Waals surface area (Å²) in [6.07, 6.45) is 1.62. The van der Waals surface area contributed by atoms with Crippen molar-refractivity contribution < 1.29 is 13.5 Å². The van der Waals surface area contributed by atoms with Crippen LogP contribution in [-0.4, -0.2) is 4.57 Å². The molecule has 2 aromatic carbocycles. The molecule has 1 heterocycles. The average molecular weight is 406 g/mol. The number of benzene rings is 2. The van der Waals surface area contributed by atoms with Crippen LogP contribution in [0.3, 0.4) is 0 Å². The van der Waals surface area contributed by atoms with Gasteiger partial charge in [0.1, 0.15) is 24.0 Å². The van der Waals surface area contributed by atoms with Crippen LogP contribution >= 0.6 is 15.9 Å². The van der Waals surface area contributed by atoms with Crippen LogP contribution in [0.2, 0.25) is 0 Å². The van der Waals surface area contributed by atoms with E-state index in [0.717, 1.165) is 11.1 Å². The Morgan fingerprint density at radius 1 is 0.960 bits per heavy atom. The highest BCUT2D eigenvalue weighted by molar-refractivity contribution is 9.10. The van der Waals surface area contributed by atoms with Gasteiger partial charge in [-0.15, -0.1) is 0 Å². The number of hydrogen-bond acceptors (Lipinski definition) is 2. The molecular formula is C19H14BrF2NO2. The van der Waals surface area contributed by atoms with Crippen molar-refractivity contribution in [1.82, 2.24) is 4.57 Å². The summed E-state index contributed by atoms with van der Waals surface area (Å²) in [5.74, 6) is -0.217. The molecule has 3 nitrogen and oxygen atoms in total. The number of halogens is 3. The van der Waals surface area contributed by atoms with E-state index in [9.17, 15) is 13.6 Å². The molecule has 0 atom stereocenters. The SMILES string of the molecule is O=c1cc(OCc2ccc(F)cc2)ccn1Cc1ccc(F)c(Br)c1. The number of pyridine rings is 1. The predicted octanol–water partition coefficient (Wildman–Crippen LogP) is 4.52. The van der Waals surface area contributed by atoms with E-state index in [2.05, 4.69) is 15.9 Å². The number of aromatic nitrogens is 1. The van der Waals surface area contributed by atoms with Crippen LogP contribution in [0, 0.1) is 11.6 Å². The van der Waals surface area contributed by atoms with Crippen molar-refractivity contribution in [3.63, 3.8) is 0 Å². The minimum atomic E-state index is -0.347. The van der Waals surface area contributed by atoms with E-state index >= 15 is 0 Å².